The maximum atomic E-state index is 13.6. The number of thioether (sulfide) groups is 2. The Morgan fingerprint density at radius 2 is 1.76 bits per heavy atom. The maximum absolute atomic E-state index is 13.6. The van der Waals surface area contributed by atoms with Crippen LogP contribution in [-0.4, -0.2) is 87.7 Å². The van der Waals surface area contributed by atoms with Crippen molar-refractivity contribution in [1.82, 2.24) is 20.4 Å². The van der Waals surface area contributed by atoms with E-state index in [9.17, 15) is 18.8 Å². The summed E-state index contributed by atoms with van der Waals surface area (Å²) in [6.45, 7) is 7.84. The predicted molar refractivity (Wildman–Crippen MR) is 168 cm³/mol. The Balaban J connectivity index is 1.32. The zero-order valence-corrected chi connectivity index (χ0v) is 26.9. The van der Waals surface area contributed by atoms with Gasteiger partial charge >= 0.3 is 6.09 Å². The summed E-state index contributed by atoms with van der Waals surface area (Å²) in [6.07, 6.45) is 7.43. The molecule has 11 heteroatoms. The van der Waals surface area contributed by atoms with Crippen LogP contribution in [0.2, 0.25) is 0 Å². The number of carbonyl (C=O) groups is 3. The Morgan fingerprint density at radius 1 is 1.07 bits per heavy atom. The first-order valence-corrected chi connectivity index (χ1v) is 17.6. The molecule has 234 valence electrons. The predicted octanol–water partition coefficient (Wildman–Crippen LogP) is 5.01. The largest absolute Gasteiger partial charge is 0.444 e. The van der Waals surface area contributed by atoms with Crippen LogP contribution in [0, 0.1) is 11.7 Å². The van der Waals surface area contributed by atoms with Crippen molar-refractivity contribution in [3.63, 3.8) is 0 Å². The van der Waals surface area contributed by atoms with Gasteiger partial charge in [-0.15, -0.1) is 11.8 Å². The van der Waals surface area contributed by atoms with Crippen LogP contribution >= 0.6 is 23.5 Å². The number of hydrogen-bond acceptors (Lipinski definition) is 7. The van der Waals surface area contributed by atoms with Gasteiger partial charge in [-0.1, -0.05) is 31.4 Å². The van der Waals surface area contributed by atoms with E-state index in [1.807, 2.05) is 12.1 Å². The van der Waals surface area contributed by atoms with Crippen molar-refractivity contribution in [3.05, 3.63) is 35.6 Å². The van der Waals surface area contributed by atoms with E-state index in [-0.39, 0.29) is 23.7 Å². The van der Waals surface area contributed by atoms with Crippen LogP contribution < -0.4 is 10.6 Å². The molecule has 1 aromatic rings. The fraction of sp³-hybridized carbons (Fsp3) is 0.710. The van der Waals surface area contributed by atoms with Gasteiger partial charge in [0.15, 0.2) is 0 Å². The first-order valence-electron chi connectivity index (χ1n) is 15.3. The molecule has 0 bridgehead atoms. The lowest BCUT2D eigenvalue weighted by Crippen LogP contribution is -2.57. The van der Waals surface area contributed by atoms with E-state index >= 15 is 0 Å². The van der Waals surface area contributed by atoms with Crippen LogP contribution in [-0.2, 0) is 20.9 Å². The molecule has 2 N–H and O–H groups in total. The van der Waals surface area contributed by atoms with Gasteiger partial charge < -0.3 is 15.4 Å². The van der Waals surface area contributed by atoms with Crippen molar-refractivity contribution < 1.29 is 23.5 Å². The van der Waals surface area contributed by atoms with Crippen molar-refractivity contribution in [2.24, 2.45) is 5.92 Å². The number of piperidine rings is 1. The van der Waals surface area contributed by atoms with E-state index in [1.165, 1.54) is 60.9 Å². The Hall–Kier alpha value is -1.98. The second-order valence-electron chi connectivity index (χ2n) is 12.8. The van der Waals surface area contributed by atoms with E-state index in [1.54, 1.807) is 32.5 Å². The summed E-state index contributed by atoms with van der Waals surface area (Å²) >= 11 is 3.25. The van der Waals surface area contributed by atoms with Crippen LogP contribution in [0.15, 0.2) is 24.3 Å². The molecule has 2 aliphatic heterocycles. The molecule has 8 nitrogen and oxygen atoms in total. The molecule has 3 amide bonds. The smallest absolute Gasteiger partial charge is 0.411 e. The number of nitrogens with one attached hydrogen (secondary N) is 2. The highest BCUT2D eigenvalue weighted by molar-refractivity contribution is 7.99. The number of hydrogen-bond donors (Lipinski definition) is 2. The summed E-state index contributed by atoms with van der Waals surface area (Å²) in [7, 11) is 0. The van der Waals surface area contributed by atoms with Gasteiger partial charge in [-0.2, -0.15) is 11.8 Å². The van der Waals surface area contributed by atoms with Gasteiger partial charge in [-0.05, 0) is 75.8 Å². The van der Waals surface area contributed by atoms with Crippen molar-refractivity contribution in [2.45, 2.75) is 96.0 Å². The molecule has 2 atom stereocenters. The summed E-state index contributed by atoms with van der Waals surface area (Å²) in [4.78, 5) is 43.5. The fourth-order valence-corrected chi connectivity index (χ4v) is 8.12. The highest BCUT2D eigenvalue weighted by atomic mass is 32.2. The van der Waals surface area contributed by atoms with Crippen molar-refractivity contribution in [3.8, 4) is 0 Å². The average Bonchev–Trinajstić information content (AvgIpc) is 3.45. The lowest BCUT2D eigenvalue weighted by Gasteiger charge is -2.33. The topological polar surface area (TPSA) is 91.0 Å². The molecule has 3 aliphatic rings. The Kier molecular flexibility index (Phi) is 12.3. The number of benzene rings is 1. The second kappa shape index (κ2) is 15.7. The van der Waals surface area contributed by atoms with Gasteiger partial charge in [0, 0.05) is 37.2 Å². The van der Waals surface area contributed by atoms with Gasteiger partial charge in [0.2, 0.25) is 11.8 Å². The van der Waals surface area contributed by atoms with Gasteiger partial charge in [-0.25, -0.2) is 9.18 Å². The van der Waals surface area contributed by atoms with Crippen LogP contribution in [0.1, 0.15) is 71.3 Å². The number of amides is 3. The number of carbonyl (C=O) groups excluding carboxylic acids is 3. The van der Waals surface area contributed by atoms with Gasteiger partial charge in [0.05, 0.1) is 5.88 Å². The molecule has 0 radical (unpaired) electrons. The summed E-state index contributed by atoms with van der Waals surface area (Å²) < 4.78 is 18.8. The third kappa shape index (κ3) is 10.3. The minimum atomic E-state index is -0.672. The van der Waals surface area contributed by atoms with Crippen molar-refractivity contribution >= 4 is 41.4 Å². The molecule has 4 rings (SSSR count). The summed E-state index contributed by atoms with van der Waals surface area (Å²) in [5.41, 5.74) is 0.417. The average molecular weight is 623 g/mol. The molecule has 1 saturated carbocycles. The zero-order valence-electron chi connectivity index (χ0n) is 25.2. The van der Waals surface area contributed by atoms with E-state index in [0.29, 0.717) is 23.3 Å². The normalized spacial score (nSPS) is 21.6. The molecule has 2 saturated heterocycles. The van der Waals surface area contributed by atoms with Gasteiger partial charge in [0.25, 0.3) is 0 Å². The number of rotatable bonds is 10. The third-order valence-corrected chi connectivity index (χ3v) is 10.4. The summed E-state index contributed by atoms with van der Waals surface area (Å²) in [6, 6.07) is 5.29. The first kappa shape index (κ1) is 32.9. The van der Waals surface area contributed by atoms with Crippen molar-refractivity contribution in [1.29, 1.82) is 0 Å². The number of nitrogens with zero attached hydrogens (tertiary/aromatic N) is 2. The molecule has 0 spiro atoms. The van der Waals surface area contributed by atoms with Gasteiger partial charge in [0.1, 0.15) is 23.5 Å². The molecular formula is C31H47FN4O4S2. The Labute approximate surface area is 258 Å². The molecule has 1 aliphatic carbocycles. The zero-order chi connectivity index (χ0) is 30.1. The minimum absolute atomic E-state index is 0.0324. The molecule has 42 heavy (non-hydrogen) atoms. The van der Waals surface area contributed by atoms with Crippen LogP contribution in [0.3, 0.4) is 0 Å². The SMILES string of the molecule is CC(C)(C)OC(=O)N1CSC[C@H]1C(=O)NC(CSCC1CCCCC1)C(=O)NC1CCN(Cc2ccc(F)cc2)CC1. The van der Waals surface area contributed by atoms with Gasteiger partial charge in [-0.3, -0.25) is 19.4 Å². The van der Waals surface area contributed by atoms with E-state index in [0.717, 1.165) is 43.8 Å². The second-order valence-corrected chi connectivity index (χ2v) is 14.8. The minimum Gasteiger partial charge on any atom is -0.444 e. The molecule has 2 heterocycles. The molecule has 0 aromatic heterocycles. The molecule has 3 fully saturated rings. The number of ether oxygens (including phenoxy) is 1. The van der Waals surface area contributed by atoms with E-state index in [2.05, 4.69) is 15.5 Å². The maximum Gasteiger partial charge on any atom is 0.411 e. The Bertz CT molecular complexity index is 1040. The van der Waals surface area contributed by atoms with Crippen molar-refractivity contribution in [2.75, 3.05) is 36.2 Å². The quantitative estimate of drug-likeness (QED) is 0.379. The first-order chi connectivity index (χ1) is 20.1. The standard InChI is InChI=1S/C31H47FN4O4S2/c1-31(2,3)40-30(39)36-21-42-20-27(36)29(38)34-26(19-41-18-23-7-5-4-6-8-23)28(37)33-25-13-15-35(16-14-25)17-22-9-11-24(32)12-10-22/h9-12,23,25-27H,4-8,13-21H2,1-3H3,(H,33,37)(H,34,38)/t26?,27-/m0/s1. The highest BCUT2D eigenvalue weighted by Crippen LogP contribution is 2.28. The van der Waals surface area contributed by atoms with E-state index in [4.69, 9.17) is 4.74 Å². The van der Waals surface area contributed by atoms with E-state index < -0.39 is 23.8 Å². The molecular weight excluding hydrogens is 575 g/mol. The van der Waals surface area contributed by atoms with Crippen LogP contribution in [0.25, 0.3) is 0 Å². The third-order valence-electron chi connectivity index (χ3n) is 8.06. The van der Waals surface area contributed by atoms with Crippen LogP contribution in [0.4, 0.5) is 9.18 Å². The molecule has 1 unspecified atom stereocenters. The monoisotopic (exact) mass is 622 g/mol. The lowest BCUT2D eigenvalue weighted by atomic mass is 9.91. The fourth-order valence-electron chi connectivity index (χ4n) is 5.70. The summed E-state index contributed by atoms with van der Waals surface area (Å²) in [5, 5.41) is 6.21. The van der Waals surface area contributed by atoms with Crippen LogP contribution in [0.5, 0.6) is 0 Å². The molecule has 1 aromatic carbocycles. The number of likely N-dealkylation sites (tertiary alicyclic amines) is 1. The lowest BCUT2D eigenvalue weighted by molar-refractivity contribution is -0.131. The summed E-state index contributed by atoms with van der Waals surface area (Å²) in [5.74, 6) is 2.32. The number of halogens is 1. The Morgan fingerprint density at radius 3 is 2.43 bits per heavy atom. The highest BCUT2D eigenvalue weighted by Gasteiger charge is 2.39.